The molecule has 0 heterocycles. The van der Waals surface area contributed by atoms with Crippen LogP contribution in [0.5, 0.6) is 0 Å². The van der Waals surface area contributed by atoms with E-state index in [0.717, 1.165) is 6.07 Å². The minimum atomic E-state index is -0.695. The molecule has 0 aliphatic carbocycles. The van der Waals surface area contributed by atoms with Gasteiger partial charge in [-0.2, -0.15) is 0 Å². The number of carbonyl (C=O) groups is 1. The molecule has 7 heteroatoms. The van der Waals surface area contributed by atoms with Crippen LogP contribution < -0.4 is 10.6 Å². The summed E-state index contributed by atoms with van der Waals surface area (Å²) in [5.41, 5.74) is 0.121. The van der Waals surface area contributed by atoms with Crippen molar-refractivity contribution in [2.24, 2.45) is 0 Å². The third kappa shape index (κ3) is 4.54. The van der Waals surface area contributed by atoms with Crippen molar-refractivity contribution in [1.29, 1.82) is 0 Å². The average molecular weight is 277 g/mol. The molecule has 0 spiro atoms. The van der Waals surface area contributed by atoms with E-state index in [1.54, 1.807) is 6.92 Å². The van der Waals surface area contributed by atoms with Crippen molar-refractivity contribution in [3.05, 3.63) is 29.0 Å². The van der Waals surface area contributed by atoms with E-state index in [2.05, 4.69) is 15.4 Å². The van der Waals surface area contributed by atoms with Crippen molar-refractivity contribution in [2.75, 3.05) is 11.9 Å². The van der Waals surface area contributed by atoms with Crippen molar-refractivity contribution >= 4 is 40.7 Å². The standard InChI is InChI=1S/C10H10ClFN2O2S/c1-2-16-10(15)14-9(17)13-8-4-3-6(11)5-7(8)12/h3-5H,2H2,1H3,(H2,13,14,15,17). The zero-order valence-corrected chi connectivity index (χ0v) is 10.5. The molecule has 1 amide bonds. The minimum Gasteiger partial charge on any atom is -0.450 e. The van der Waals surface area contributed by atoms with Crippen LogP contribution in [0.2, 0.25) is 5.02 Å². The zero-order valence-electron chi connectivity index (χ0n) is 8.92. The van der Waals surface area contributed by atoms with Gasteiger partial charge in [-0.25, -0.2) is 9.18 Å². The monoisotopic (exact) mass is 276 g/mol. The molecule has 0 saturated carbocycles. The maximum absolute atomic E-state index is 13.3. The number of nitrogens with one attached hydrogen (secondary N) is 2. The summed E-state index contributed by atoms with van der Waals surface area (Å²) in [6, 6.07) is 4.05. The number of carbonyl (C=O) groups excluding carboxylic acids is 1. The van der Waals surface area contributed by atoms with Gasteiger partial charge in [-0.3, -0.25) is 5.32 Å². The van der Waals surface area contributed by atoms with Crippen LogP contribution in [0.4, 0.5) is 14.9 Å². The lowest BCUT2D eigenvalue weighted by atomic mass is 10.3. The summed E-state index contributed by atoms with van der Waals surface area (Å²) >= 11 is 10.4. The highest BCUT2D eigenvalue weighted by atomic mass is 35.5. The first kappa shape index (κ1) is 13.7. The molecular formula is C10H10ClFN2O2S. The molecule has 0 aromatic heterocycles. The molecule has 0 fully saturated rings. The second-order valence-corrected chi connectivity index (χ2v) is 3.77. The normalized spacial score (nSPS) is 9.59. The van der Waals surface area contributed by atoms with Crippen LogP contribution in [-0.2, 0) is 4.74 Å². The molecule has 0 aliphatic heterocycles. The van der Waals surface area contributed by atoms with Gasteiger partial charge in [-0.1, -0.05) is 11.6 Å². The van der Waals surface area contributed by atoms with E-state index < -0.39 is 11.9 Å². The number of benzene rings is 1. The summed E-state index contributed by atoms with van der Waals surface area (Å²) in [6.45, 7) is 1.89. The maximum atomic E-state index is 13.3. The molecule has 0 atom stereocenters. The van der Waals surface area contributed by atoms with Crippen molar-refractivity contribution in [2.45, 2.75) is 6.92 Å². The van der Waals surface area contributed by atoms with E-state index in [9.17, 15) is 9.18 Å². The largest absolute Gasteiger partial charge is 0.450 e. The van der Waals surface area contributed by atoms with Crippen molar-refractivity contribution in [3.63, 3.8) is 0 Å². The minimum absolute atomic E-state index is 0.0512. The highest BCUT2D eigenvalue weighted by Crippen LogP contribution is 2.18. The van der Waals surface area contributed by atoms with E-state index in [0.29, 0.717) is 0 Å². The fourth-order valence-electron chi connectivity index (χ4n) is 1.00. The lowest BCUT2D eigenvalue weighted by Crippen LogP contribution is -2.34. The van der Waals surface area contributed by atoms with Gasteiger partial charge in [0.15, 0.2) is 5.11 Å². The Balaban J connectivity index is 2.59. The quantitative estimate of drug-likeness (QED) is 0.816. The first-order chi connectivity index (χ1) is 8.02. The summed E-state index contributed by atoms with van der Waals surface area (Å²) in [5, 5.41) is 4.97. The molecule has 0 unspecified atom stereocenters. The number of amides is 1. The Hall–Kier alpha value is -1.40. The number of thiocarbonyl (C=S) groups is 1. The molecule has 0 radical (unpaired) electrons. The third-order valence-corrected chi connectivity index (χ3v) is 2.11. The second-order valence-electron chi connectivity index (χ2n) is 2.92. The third-order valence-electron chi connectivity index (χ3n) is 1.67. The number of hydrogen-bond acceptors (Lipinski definition) is 3. The number of hydrogen-bond donors (Lipinski definition) is 2. The average Bonchev–Trinajstić information content (AvgIpc) is 2.22. The Morgan fingerprint density at radius 3 is 2.88 bits per heavy atom. The fourth-order valence-corrected chi connectivity index (χ4v) is 1.36. The number of ether oxygens (including phenoxy) is 1. The van der Waals surface area contributed by atoms with Gasteiger partial charge in [-0.15, -0.1) is 0 Å². The fraction of sp³-hybridized carbons (Fsp3) is 0.200. The van der Waals surface area contributed by atoms with Crippen LogP contribution in [0, 0.1) is 5.82 Å². The SMILES string of the molecule is CCOC(=O)NC(=S)Nc1ccc(Cl)cc1F. The smallest absolute Gasteiger partial charge is 0.413 e. The molecule has 1 aromatic carbocycles. The summed E-state index contributed by atoms with van der Waals surface area (Å²) < 4.78 is 18.0. The highest BCUT2D eigenvalue weighted by Gasteiger charge is 2.07. The Kier molecular flexibility index (Phi) is 5.11. The van der Waals surface area contributed by atoms with Gasteiger partial charge in [0.25, 0.3) is 0 Å². The maximum Gasteiger partial charge on any atom is 0.413 e. The van der Waals surface area contributed by atoms with Crippen molar-refractivity contribution in [3.8, 4) is 0 Å². The summed E-state index contributed by atoms with van der Waals surface area (Å²) in [4.78, 5) is 11.0. The predicted molar refractivity (Wildman–Crippen MR) is 67.8 cm³/mol. The highest BCUT2D eigenvalue weighted by molar-refractivity contribution is 7.80. The summed E-state index contributed by atoms with van der Waals surface area (Å²) in [7, 11) is 0. The Morgan fingerprint density at radius 1 is 1.59 bits per heavy atom. The van der Waals surface area contributed by atoms with Gasteiger partial charge >= 0.3 is 6.09 Å². The molecule has 4 nitrogen and oxygen atoms in total. The summed E-state index contributed by atoms with van der Waals surface area (Å²) in [6.07, 6.45) is -0.695. The number of alkyl carbamates (subject to hydrolysis) is 1. The number of anilines is 1. The Morgan fingerprint density at radius 2 is 2.29 bits per heavy atom. The zero-order chi connectivity index (χ0) is 12.8. The molecule has 0 bridgehead atoms. The molecule has 1 rings (SSSR count). The summed E-state index contributed by atoms with van der Waals surface area (Å²) in [5.74, 6) is -0.564. The molecule has 2 N–H and O–H groups in total. The van der Waals surface area contributed by atoms with Crippen molar-refractivity contribution < 1.29 is 13.9 Å². The van der Waals surface area contributed by atoms with Gasteiger partial charge in [0.05, 0.1) is 12.3 Å². The van der Waals surface area contributed by atoms with Crippen LogP contribution in [0.15, 0.2) is 18.2 Å². The van der Waals surface area contributed by atoms with Crippen LogP contribution >= 0.6 is 23.8 Å². The second kappa shape index (κ2) is 6.36. The first-order valence-electron chi connectivity index (χ1n) is 4.72. The van der Waals surface area contributed by atoms with E-state index in [-0.39, 0.29) is 22.4 Å². The van der Waals surface area contributed by atoms with Gasteiger partial charge in [0.2, 0.25) is 0 Å². The molecule has 17 heavy (non-hydrogen) atoms. The predicted octanol–water partition coefficient (Wildman–Crippen LogP) is 2.92. The molecular weight excluding hydrogens is 267 g/mol. The van der Waals surface area contributed by atoms with Crippen molar-refractivity contribution in [1.82, 2.24) is 5.32 Å². The lowest BCUT2D eigenvalue weighted by Gasteiger charge is -2.10. The number of rotatable bonds is 2. The van der Waals surface area contributed by atoms with Gasteiger partial charge < -0.3 is 10.1 Å². The molecule has 0 saturated heterocycles. The van der Waals surface area contributed by atoms with E-state index in [4.69, 9.17) is 23.8 Å². The topological polar surface area (TPSA) is 50.4 Å². The first-order valence-corrected chi connectivity index (χ1v) is 5.51. The van der Waals surface area contributed by atoms with E-state index in [1.165, 1.54) is 12.1 Å². The Labute approximate surface area is 108 Å². The Bertz CT molecular complexity index is 442. The van der Waals surface area contributed by atoms with Gasteiger partial charge in [0, 0.05) is 5.02 Å². The van der Waals surface area contributed by atoms with Gasteiger partial charge in [0.1, 0.15) is 5.82 Å². The van der Waals surface area contributed by atoms with E-state index >= 15 is 0 Å². The van der Waals surface area contributed by atoms with E-state index in [1.807, 2.05) is 0 Å². The number of halogens is 2. The van der Waals surface area contributed by atoms with Crippen LogP contribution in [-0.4, -0.2) is 17.8 Å². The van der Waals surface area contributed by atoms with Crippen LogP contribution in [0.3, 0.4) is 0 Å². The van der Waals surface area contributed by atoms with Crippen LogP contribution in [0.1, 0.15) is 6.92 Å². The molecule has 92 valence electrons. The lowest BCUT2D eigenvalue weighted by molar-refractivity contribution is 0.158. The molecule has 0 aliphatic rings. The van der Waals surface area contributed by atoms with Crippen LogP contribution in [0.25, 0.3) is 0 Å². The van der Waals surface area contributed by atoms with Gasteiger partial charge in [-0.05, 0) is 37.3 Å². The molecule has 1 aromatic rings.